The van der Waals surface area contributed by atoms with Crippen molar-refractivity contribution in [1.29, 1.82) is 0 Å². The Morgan fingerprint density at radius 3 is 2.40 bits per heavy atom. The molecule has 5 heteroatoms. The van der Waals surface area contributed by atoms with Crippen molar-refractivity contribution >= 4 is 11.9 Å². The molecule has 1 saturated heterocycles. The van der Waals surface area contributed by atoms with E-state index >= 15 is 0 Å². The van der Waals surface area contributed by atoms with Crippen LogP contribution >= 0.6 is 0 Å². The van der Waals surface area contributed by atoms with Gasteiger partial charge in [-0.1, -0.05) is 0 Å². The van der Waals surface area contributed by atoms with Crippen LogP contribution in [0, 0.1) is 11.3 Å². The average Bonchev–Trinajstić information content (AvgIpc) is 2.44. The van der Waals surface area contributed by atoms with Gasteiger partial charge in [0.25, 0.3) is 0 Å². The lowest BCUT2D eigenvalue weighted by molar-refractivity contribution is -0.154. The Balaban J connectivity index is 2.41. The van der Waals surface area contributed by atoms with Crippen molar-refractivity contribution in [2.24, 2.45) is 11.3 Å². The first-order chi connectivity index (χ1) is 9.40. The van der Waals surface area contributed by atoms with E-state index in [0.717, 1.165) is 38.8 Å². The first-order valence-corrected chi connectivity index (χ1v) is 7.37. The molecule has 1 fully saturated rings. The number of carbonyl (C=O) groups excluding carboxylic acids is 2. The first kappa shape index (κ1) is 17.0. The highest BCUT2D eigenvalue weighted by Gasteiger charge is 2.34. The smallest absolute Gasteiger partial charge is 0.311 e. The molecule has 20 heavy (non-hydrogen) atoms. The minimum Gasteiger partial charge on any atom is -0.469 e. The second-order valence-corrected chi connectivity index (χ2v) is 6.24. The van der Waals surface area contributed by atoms with Crippen LogP contribution in [0.4, 0.5) is 0 Å². The van der Waals surface area contributed by atoms with Gasteiger partial charge >= 0.3 is 5.97 Å². The van der Waals surface area contributed by atoms with Gasteiger partial charge in [0, 0.05) is 26.1 Å². The lowest BCUT2D eigenvalue weighted by atomic mass is 9.87. The van der Waals surface area contributed by atoms with E-state index in [1.54, 1.807) is 13.8 Å². The minimum atomic E-state index is -0.764. The predicted molar refractivity (Wildman–Crippen MR) is 76.0 cm³/mol. The summed E-state index contributed by atoms with van der Waals surface area (Å²) in [6.45, 7) is 5.24. The summed E-state index contributed by atoms with van der Waals surface area (Å²) < 4.78 is 4.73. The fourth-order valence-corrected chi connectivity index (χ4v) is 2.69. The van der Waals surface area contributed by atoms with Gasteiger partial charge in [-0.25, -0.2) is 0 Å². The van der Waals surface area contributed by atoms with Gasteiger partial charge in [-0.3, -0.25) is 9.59 Å². The van der Waals surface area contributed by atoms with Gasteiger partial charge in [-0.15, -0.1) is 0 Å². The summed E-state index contributed by atoms with van der Waals surface area (Å²) in [6, 6.07) is 0. The third-order valence-corrected chi connectivity index (χ3v) is 4.07. The highest BCUT2D eigenvalue weighted by atomic mass is 16.5. The quantitative estimate of drug-likeness (QED) is 0.753. The Bertz CT molecular complexity index is 333. The van der Waals surface area contributed by atoms with Crippen LogP contribution < -0.4 is 0 Å². The number of piperidine rings is 1. The molecule has 5 nitrogen and oxygen atoms in total. The maximum Gasteiger partial charge on any atom is 0.311 e. The van der Waals surface area contributed by atoms with E-state index in [1.165, 1.54) is 7.11 Å². The number of carbonyl (C=O) groups is 2. The van der Waals surface area contributed by atoms with Crippen molar-refractivity contribution < 1.29 is 19.4 Å². The maximum atomic E-state index is 12.2. The van der Waals surface area contributed by atoms with Gasteiger partial charge in [0.2, 0.25) is 5.91 Å². The van der Waals surface area contributed by atoms with Gasteiger partial charge < -0.3 is 14.7 Å². The number of esters is 1. The summed E-state index contributed by atoms with van der Waals surface area (Å²) in [6.07, 6.45) is 4.05. The summed E-state index contributed by atoms with van der Waals surface area (Å²) in [5, 5.41) is 8.83. The largest absolute Gasteiger partial charge is 0.469 e. The van der Waals surface area contributed by atoms with Gasteiger partial charge in [0.05, 0.1) is 12.5 Å². The predicted octanol–water partition coefficient (Wildman–Crippen LogP) is 1.59. The molecule has 0 bridgehead atoms. The highest BCUT2D eigenvalue weighted by Crippen LogP contribution is 2.26. The number of rotatable bonds is 6. The summed E-state index contributed by atoms with van der Waals surface area (Å²) >= 11 is 0. The third kappa shape index (κ3) is 4.78. The lowest BCUT2D eigenvalue weighted by Gasteiger charge is -2.33. The van der Waals surface area contributed by atoms with Gasteiger partial charge in [0.1, 0.15) is 0 Å². The average molecular weight is 285 g/mol. The molecule has 116 valence electrons. The minimum absolute atomic E-state index is 0.0287. The van der Waals surface area contributed by atoms with Crippen molar-refractivity contribution in [3.05, 3.63) is 0 Å². The zero-order valence-corrected chi connectivity index (χ0v) is 12.9. The SMILES string of the molecule is COC(=O)C(C)(C)CC(=O)N1CCC(CCCO)CC1. The van der Waals surface area contributed by atoms with Crippen LogP contribution in [0.3, 0.4) is 0 Å². The van der Waals surface area contributed by atoms with E-state index in [2.05, 4.69) is 0 Å². The second-order valence-electron chi connectivity index (χ2n) is 6.24. The molecule has 0 atom stereocenters. The number of likely N-dealkylation sites (tertiary alicyclic amines) is 1. The molecule has 1 amide bonds. The number of aliphatic hydroxyl groups is 1. The van der Waals surface area contributed by atoms with Gasteiger partial charge in [0.15, 0.2) is 0 Å². The zero-order valence-electron chi connectivity index (χ0n) is 12.9. The summed E-state index contributed by atoms with van der Waals surface area (Å²) in [5.41, 5.74) is -0.764. The molecular formula is C15H27NO4. The van der Waals surface area contributed by atoms with Crippen LogP contribution in [-0.4, -0.2) is 48.7 Å². The number of hydrogen-bond acceptors (Lipinski definition) is 4. The number of methoxy groups -OCH3 is 1. The molecule has 0 aliphatic carbocycles. The molecule has 0 aromatic heterocycles. The Hall–Kier alpha value is -1.10. The molecule has 0 aromatic carbocycles. The van der Waals surface area contributed by atoms with E-state index in [4.69, 9.17) is 9.84 Å². The summed E-state index contributed by atoms with van der Waals surface area (Å²) in [5.74, 6) is 0.296. The normalized spacial score (nSPS) is 17.1. The topological polar surface area (TPSA) is 66.8 Å². The number of nitrogens with zero attached hydrogens (tertiary/aromatic N) is 1. The van der Waals surface area contributed by atoms with E-state index in [-0.39, 0.29) is 24.9 Å². The lowest BCUT2D eigenvalue weighted by Crippen LogP contribution is -2.41. The van der Waals surface area contributed by atoms with Crippen molar-refractivity contribution in [1.82, 2.24) is 4.90 Å². The highest BCUT2D eigenvalue weighted by molar-refractivity contribution is 5.85. The molecule has 1 aliphatic heterocycles. The fourth-order valence-electron chi connectivity index (χ4n) is 2.69. The van der Waals surface area contributed by atoms with E-state index in [1.807, 2.05) is 4.90 Å². The van der Waals surface area contributed by atoms with Crippen LogP contribution in [0.1, 0.15) is 46.0 Å². The Kier molecular flexibility index (Phi) is 6.46. The Morgan fingerprint density at radius 2 is 1.90 bits per heavy atom. The molecule has 1 aliphatic rings. The molecule has 0 aromatic rings. The monoisotopic (exact) mass is 285 g/mol. The molecule has 1 N–H and O–H groups in total. The van der Waals surface area contributed by atoms with Crippen molar-refractivity contribution in [2.45, 2.75) is 46.0 Å². The Morgan fingerprint density at radius 1 is 1.30 bits per heavy atom. The van der Waals surface area contributed by atoms with Gasteiger partial charge in [-0.05, 0) is 45.4 Å². The van der Waals surface area contributed by atoms with Crippen molar-refractivity contribution in [2.75, 3.05) is 26.8 Å². The second kappa shape index (κ2) is 7.62. The summed E-state index contributed by atoms with van der Waals surface area (Å²) in [4.78, 5) is 25.7. The number of ether oxygens (including phenoxy) is 1. The molecule has 0 spiro atoms. The summed E-state index contributed by atoms with van der Waals surface area (Å²) in [7, 11) is 1.35. The fraction of sp³-hybridized carbons (Fsp3) is 0.867. The van der Waals surface area contributed by atoms with Crippen LogP contribution in [0.2, 0.25) is 0 Å². The standard InChI is InChI=1S/C15H27NO4/c1-15(2,14(19)20-3)11-13(18)16-8-6-12(7-9-16)5-4-10-17/h12,17H,4-11H2,1-3H3. The van der Waals surface area contributed by atoms with Gasteiger partial charge in [-0.2, -0.15) is 0 Å². The first-order valence-electron chi connectivity index (χ1n) is 7.37. The molecule has 0 radical (unpaired) electrons. The van der Waals surface area contributed by atoms with E-state index < -0.39 is 5.41 Å². The number of hydrogen-bond donors (Lipinski definition) is 1. The number of amides is 1. The van der Waals surface area contributed by atoms with E-state index in [0.29, 0.717) is 5.92 Å². The van der Waals surface area contributed by atoms with E-state index in [9.17, 15) is 9.59 Å². The maximum absolute atomic E-state index is 12.2. The van der Waals surface area contributed by atoms with Crippen LogP contribution in [0.25, 0.3) is 0 Å². The molecule has 0 saturated carbocycles. The molecular weight excluding hydrogens is 258 g/mol. The third-order valence-electron chi connectivity index (χ3n) is 4.07. The molecule has 0 unspecified atom stereocenters. The molecule has 1 heterocycles. The van der Waals surface area contributed by atoms with Crippen LogP contribution in [-0.2, 0) is 14.3 Å². The van der Waals surface area contributed by atoms with Crippen LogP contribution in [0.15, 0.2) is 0 Å². The van der Waals surface area contributed by atoms with Crippen molar-refractivity contribution in [3.63, 3.8) is 0 Å². The number of aliphatic hydroxyl groups excluding tert-OH is 1. The zero-order chi connectivity index (χ0) is 15.2. The Labute approximate surface area is 121 Å². The van der Waals surface area contributed by atoms with Crippen molar-refractivity contribution in [3.8, 4) is 0 Å². The molecule has 1 rings (SSSR count). The van der Waals surface area contributed by atoms with Crippen LogP contribution in [0.5, 0.6) is 0 Å².